The normalized spacial score (nSPS) is 19.9. The van der Waals surface area contributed by atoms with E-state index in [9.17, 15) is 19.2 Å². The Bertz CT molecular complexity index is 1430. The van der Waals surface area contributed by atoms with Gasteiger partial charge in [-0.1, -0.05) is 48.9 Å². The molecular formula is C34H45ClN4O6. The standard InChI is InChI=1S/C34H45ClN4O6/c1-8-29(40)36-16-18-38-27-19-25(26(35)20-28(27)44-34(7,31(38)42)23-13-10-9-11-14-23)30(41)39(22(2)3)24-15-12-17-37(21-24)32(43)45-33(4,5)6/h9-11,13-14,19-20,22,24H,8,12,15-18,21H2,1-7H3,(H,36,40)/t24-,34+/m1/s1. The van der Waals surface area contributed by atoms with Crippen LogP contribution in [0.1, 0.15) is 83.7 Å². The van der Waals surface area contributed by atoms with Crippen LogP contribution in [0.2, 0.25) is 5.02 Å². The van der Waals surface area contributed by atoms with Crippen LogP contribution in [0.25, 0.3) is 0 Å². The molecule has 0 unspecified atom stereocenters. The summed E-state index contributed by atoms with van der Waals surface area (Å²) in [5, 5.41) is 3.02. The molecule has 244 valence electrons. The van der Waals surface area contributed by atoms with E-state index >= 15 is 0 Å². The quantitative estimate of drug-likeness (QED) is 0.393. The second-order valence-electron chi connectivity index (χ2n) is 13.0. The zero-order valence-electron chi connectivity index (χ0n) is 27.3. The monoisotopic (exact) mass is 640 g/mol. The van der Waals surface area contributed by atoms with Crippen molar-refractivity contribution in [1.29, 1.82) is 0 Å². The molecule has 1 N–H and O–H groups in total. The number of carbonyl (C=O) groups excluding carboxylic acids is 4. The smallest absolute Gasteiger partial charge is 0.410 e. The predicted molar refractivity (Wildman–Crippen MR) is 174 cm³/mol. The number of carbonyl (C=O) groups is 4. The molecule has 0 saturated carbocycles. The molecule has 2 atom stereocenters. The molecule has 4 rings (SSSR count). The number of hydrogen-bond acceptors (Lipinski definition) is 6. The molecule has 2 aromatic rings. The molecule has 0 bridgehead atoms. The van der Waals surface area contributed by atoms with E-state index in [2.05, 4.69) is 5.32 Å². The van der Waals surface area contributed by atoms with Gasteiger partial charge in [-0.25, -0.2) is 4.79 Å². The lowest BCUT2D eigenvalue weighted by Gasteiger charge is -2.43. The summed E-state index contributed by atoms with van der Waals surface area (Å²) < 4.78 is 12.0. The maximum atomic E-state index is 14.3. The highest BCUT2D eigenvalue weighted by atomic mass is 35.5. The minimum atomic E-state index is -1.35. The molecule has 2 aliphatic rings. The number of ether oxygens (including phenoxy) is 2. The number of anilines is 1. The van der Waals surface area contributed by atoms with Gasteiger partial charge in [0.15, 0.2) is 0 Å². The number of piperidine rings is 1. The topological polar surface area (TPSA) is 108 Å². The largest absolute Gasteiger partial charge is 0.471 e. The van der Waals surface area contributed by atoms with Crippen LogP contribution in [-0.2, 0) is 19.9 Å². The molecule has 1 saturated heterocycles. The average molecular weight is 641 g/mol. The van der Waals surface area contributed by atoms with Crippen LogP contribution in [0.15, 0.2) is 42.5 Å². The van der Waals surface area contributed by atoms with Gasteiger partial charge in [0, 0.05) is 50.3 Å². The van der Waals surface area contributed by atoms with E-state index in [0.29, 0.717) is 42.9 Å². The van der Waals surface area contributed by atoms with Crippen molar-refractivity contribution >= 4 is 41.1 Å². The number of fused-ring (bicyclic) bond motifs is 1. The summed E-state index contributed by atoms with van der Waals surface area (Å²) in [5.74, 6) is -0.408. The number of hydrogen-bond donors (Lipinski definition) is 1. The summed E-state index contributed by atoms with van der Waals surface area (Å²) in [4.78, 5) is 58.2. The van der Waals surface area contributed by atoms with Gasteiger partial charge < -0.3 is 29.5 Å². The van der Waals surface area contributed by atoms with Gasteiger partial charge in [0.05, 0.1) is 22.3 Å². The first-order valence-electron chi connectivity index (χ1n) is 15.6. The van der Waals surface area contributed by atoms with Crippen LogP contribution in [0.4, 0.5) is 10.5 Å². The maximum absolute atomic E-state index is 14.3. The number of amides is 4. The minimum Gasteiger partial charge on any atom is -0.471 e. The van der Waals surface area contributed by atoms with Crippen LogP contribution < -0.4 is 15.0 Å². The molecule has 0 aliphatic carbocycles. The van der Waals surface area contributed by atoms with Crippen LogP contribution in [0, 0.1) is 0 Å². The predicted octanol–water partition coefficient (Wildman–Crippen LogP) is 5.76. The minimum absolute atomic E-state index is 0.130. The number of nitrogens with one attached hydrogen (secondary N) is 1. The molecule has 2 aromatic carbocycles. The molecule has 0 radical (unpaired) electrons. The maximum Gasteiger partial charge on any atom is 0.410 e. The molecule has 1 fully saturated rings. The number of likely N-dealkylation sites (tertiary alicyclic amines) is 1. The van der Waals surface area contributed by atoms with Crippen molar-refractivity contribution in [3.63, 3.8) is 0 Å². The van der Waals surface area contributed by atoms with Gasteiger partial charge in [0.2, 0.25) is 11.5 Å². The highest BCUT2D eigenvalue weighted by Gasteiger charge is 2.47. The van der Waals surface area contributed by atoms with Gasteiger partial charge in [-0.05, 0) is 60.5 Å². The first kappa shape index (κ1) is 34.1. The van der Waals surface area contributed by atoms with Crippen molar-refractivity contribution in [2.45, 2.75) is 91.0 Å². The third-order valence-electron chi connectivity index (χ3n) is 8.07. The van der Waals surface area contributed by atoms with Crippen molar-refractivity contribution < 1.29 is 28.7 Å². The second kappa shape index (κ2) is 13.7. The molecule has 0 spiro atoms. The van der Waals surface area contributed by atoms with Crippen LogP contribution in [0.3, 0.4) is 0 Å². The first-order valence-corrected chi connectivity index (χ1v) is 16.0. The Hall–Kier alpha value is -3.79. The summed E-state index contributed by atoms with van der Waals surface area (Å²) in [6.07, 6.45) is 1.35. The van der Waals surface area contributed by atoms with E-state index in [1.165, 1.54) is 0 Å². The van der Waals surface area contributed by atoms with Crippen molar-refractivity contribution in [2.24, 2.45) is 0 Å². The average Bonchev–Trinajstić information content (AvgIpc) is 2.98. The van der Waals surface area contributed by atoms with Gasteiger partial charge in [0.25, 0.3) is 11.8 Å². The SMILES string of the molecule is CCC(=O)NCCN1C(=O)[C@](C)(c2ccccc2)Oc2cc(Cl)c(C(=O)N(C(C)C)[C@@H]3CCCN(C(=O)OC(C)(C)C)C3)cc21. The Labute approximate surface area is 271 Å². The first-order chi connectivity index (χ1) is 21.2. The number of rotatable bonds is 8. The lowest BCUT2D eigenvalue weighted by Crippen LogP contribution is -2.55. The highest BCUT2D eigenvalue weighted by molar-refractivity contribution is 6.34. The van der Waals surface area contributed by atoms with Crippen LogP contribution in [0.5, 0.6) is 5.75 Å². The van der Waals surface area contributed by atoms with Crippen LogP contribution >= 0.6 is 11.6 Å². The Morgan fingerprint density at radius 3 is 2.49 bits per heavy atom. The second-order valence-corrected chi connectivity index (χ2v) is 13.4. The van der Waals surface area contributed by atoms with E-state index in [4.69, 9.17) is 21.1 Å². The molecule has 11 heteroatoms. The van der Waals surface area contributed by atoms with Gasteiger partial charge in [-0.3, -0.25) is 14.4 Å². The Kier molecular flexibility index (Phi) is 10.4. The van der Waals surface area contributed by atoms with E-state index in [1.807, 2.05) is 65.0 Å². The summed E-state index contributed by atoms with van der Waals surface area (Å²) in [7, 11) is 0. The van der Waals surface area contributed by atoms with Crippen LogP contribution in [-0.4, -0.2) is 77.5 Å². The van der Waals surface area contributed by atoms with Gasteiger partial charge in [-0.15, -0.1) is 0 Å². The molecule has 0 aromatic heterocycles. The fourth-order valence-electron chi connectivity index (χ4n) is 5.86. The zero-order chi connectivity index (χ0) is 33.1. The van der Waals surface area contributed by atoms with Crippen molar-refractivity contribution in [2.75, 3.05) is 31.1 Å². The van der Waals surface area contributed by atoms with Gasteiger partial charge in [-0.2, -0.15) is 0 Å². The van der Waals surface area contributed by atoms with E-state index in [0.717, 1.165) is 6.42 Å². The van der Waals surface area contributed by atoms with Crippen molar-refractivity contribution in [1.82, 2.24) is 15.1 Å². The molecular weight excluding hydrogens is 596 g/mol. The highest BCUT2D eigenvalue weighted by Crippen LogP contribution is 2.45. The molecule has 45 heavy (non-hydrogen) atoms. The zero-order valence-corrected chi connectivity index (χ0v) is 28.1. The number of benzene rings is 2. The van der Waals surface area contributed by atoms with E-state index in [1.54, 1.807) is 40.7 Å². The third kappa shape index (κ3) is 7.54. The summed E-state index contributed by atoms with van der Waals surface area (Å²) in [6.45, 7) is 14.1. The summed E-state index contributed by atoms with van der Waals surface area (Å²) in [6, 6.07) is 11.9. The Morgan fingerprint density at radius 2 is 1.87 bits per heavy atom. The Balaban J connectivity index is 1.69. The van der Waals surface area contributed by atoms with E-state index < -0.39 is 17.3 Å². The molecule has 2 aliphatic heterocycles. The molecule has 4 amide bonds. The van der Waals surface area contributed by atoms with Gasteiger partial charge in [0.1, 0.15) is 11.4 Å². The number of nitrogens with zero attached hydrogens (tertiary/aromatic N) is 3. The third-order valence-corrected chi connectivity index (χ3v) is 8.39. The lowest BCUT2D eigenvalue weighted by atomic mass is 9.91. The molecule has 10 nitrogen and oxygen atoms in total. The summed E-state index contributed by atoms with van der Waals surface area (Å²) in [5.41, 5.74) is -0.697. The molecule has 2 heterocycles. The lowest BCUT2D eigenvalue weighted by molar-refractivity contribution is -0.135. The van der Waals surface area contributed by atoms with Crippen molar-refractivity contribution in [3.8, 4) is 5.75 Å². The summed E-state index contributed by atoms with van der Waals surface area (Å²) >= 11 is 6.81. The number of halogens is 1. The fourth-order valence-corrected chi connectivity index (χ4v) is 6.09. The van der Waals surface area contributed by atoms with Crippen molar-refractivity contribution in [3.05, 3.63) is 58.6 Å². The Morgan fingerprint density at radius 1 is 1.18 bits per heavy atom. The fraction of sp³-hybridized carbons (Fsp3) is 0.529. The van der Waals surface area contributed by atoms with Gasteiger partial charge >= 0.3 is 6.09 Å². The van der Waals surface area contributed by atoms with E-state index in [-0.39, 0.29) is 53.5 Å².